The molecule has 1 N–H and O–H groups in total. The van der Waals surface area contributed by atoms with Crippen LogP contribution in [-0.2, 0) is 32.6 Å². The first-order valence-corrected chi connectivity index (χ1v) is 14.4. The van der Waals surface area contributed by atoms with Crippen LogP contribution in [0.3, 0.4) is 0 Å². The Kier molecular flexibility index (Phi) is 8.23. The lowest BCUT2D eigenvalue weighted by molar-refractivity contribution is -0.154. The Morgan fingerprint density at radius 1 is 1.03 bits per heavy atom. The Hall–Kier alpha value is -2.91. The van der Waals surface area contributed by atoms with E-state index < -0.39 is 21.5 Å². The quantitative estimate of drug-likeness (QED) is 0.567. The molecule has 4 rings (SSSR count). The van der Waals surface area contributed by atoms with Gasteiger partial charge in [-0.3, -0.25) is 9.59 Å². The Balaban J connectivity index is 1.65. The van der Waals surface area contributed by atoms with Gasteiger partial charge in [-0.05, 0) is 61.6 Å². The van der Waals surface area contributed by atoms with Crippen molar-refractivity contribution in [1.29, 1.82) is 0 Å². The Labute approximate surface area is 220 Å². The number of ether oxygens (including phenoxy) is 1. The van der Waals surface area contributed by atoms with Gasteiger partial charge in [0, 0.05) is 19.1 Å². The first-order chi connectivity index (χ1) is 17.7. The van der Waals surface area contributed by atoms with E-state index in [4.69, 9.17) is 4.74 Å². The lowest BCUT2D eigenvalue weighted by Crippen LogP contribution is -2.70. The van der Waals surface area contributed by atoms with E-state index in [-0.39, 0.29) is 36.5 Å². The number of sulfonamides is 1. The number of methoxy groups -OCH3 is 1. The van der Waals surface area contributed by atoms with Gasteiger partial charge in [0.2, 0.25) is 21.8 Å². The summed E-state index contributed by atoms with van der Waals surface area (Å²) < 4.78 is 33.4. The summed E-state index contributed by atoms with van der Waals surface area (Å²) >= 11 is 0. The third kappa shape index (κ3) is 5.83. The molecular formula is C28H37N3O5S. The molecule has 2 aromatic rings. The van der Waals surface area contributed by atoms with Crippen molar-refractivity contribution < 1.29 is 22.7 Å². The van der Waals surface area contributed by atoms with Crippen molar-refractivity contribution in [2.45, 2.75) is 75.4 Å². The fourth-order valence-corrected chi connectivity index (χ4v) is 6.65. The van der Waals surface area contributed by atoms with Crippen LogP contribution in [0.5, 0.6) is 5.75 Å². The van der Waals surface area contributed by atoms with E-state index >= 15 is 0 Å². The molecule has 1 aliphatic carbocycles. The van der Waals surface area contributed by atoms with E-state index in [9.17, 15) is 18.0 Å². The van der Waals surface area contributed by atoms with Gasteiger partial charge in [-0.25, -0.2) is 8.42 Å². The van der Waals surface area contributed by atoms with Gasteiger partial charge in [-0.1, -0.05) is 50.5 Å². The average Bonchev–Trinajstić information content (AvgIpc) is 2.91. The van der Waals surface area contributed by atoms with Crippen LogP contribution in [0.1, 0.15) is 57.1 Å². The zero-order chi connectivity index (χ0) is 26.6. The zero-order valence-electron chi connectivity index (χ0n) is 21.9. The van der Waals surface area contributed by atoms with Crippen molar-refractivity contribution in [2.24, 2.45) is 0 Å². The standard InChI is InChI=1S/C28H37N3O5S/c1-4-21-10-12-22(13-11-21)18-31-26(32)19-30(37(34,35)25-16-14-24(36-3)15-17-25)20-28(31,2)27(33)29-23-8-6-5-7-9-23/h10-17,23H,4-9,18-20H2,1-3H3,(H,29,33)/t28-/m1/s1. The van der Waals surface area contributed by atoms with Gasteiger partial charge in [-0.15, -0.1) is 0 Å². The lowest BCUT2D eigenvalue weighted by atomic mass is 9.91. The molecule has 1 saturated carbocycles. The minimum Gasteiger partial charge on any atom is -0.497 e. The van der Waals surface area contributed by atoms with E-state index in [0.717, 1.165) is 48.4 Å². The lowest BCUT2D eigenvalue weighted by Gasteiger charge is -2.47. The molecule has 0 unspecified atom stereocenters. The monoisotopic (exact) mass is 527 g/mol. The summed E-state index contributed by atoms with van der Waals surface area (Å²) in [6, 6.07) is 14.1. The van der Waals surface area contributed by atoms with E-state index in [1.54, 1.807) is 24.0 Å². The summed E-state index contributed by atoms with van der Waals surface area (Å²) in [5, 5.41) is 3.14. The molecule has 8 nitrogen and oxygen atoms in total. The highest BCUT2D eigenvalue weighted by atomic mass is 32.2. The number of aryl methyl sites for hydroxylation is 1. The number of rotatable bonds is 8. The molecule has 0 aromatic heterocycles. The predicted octanol–water partition coefficient (Wildman–Crippen LogP) is 3.50. The van der Waals surface area contributed by atoms with Crippen LogP contribution < -0.4 is 10.1 Å². The summed E-state index contributed by atoms with van der Waals surface area (Å²) in [5.41, 5.74) is 0.715. The third-order valence-electron chi connectivity index (χ3n) is 7.59. The number of carbonyl (C=O) groups excluding carboxylic acids is 2. The molecule has 1 heterocycles. The van der Waals surface area contributed by atoms with Crippen LogP contribution in [0, 0.1) is 0 Å². The summed E-state index contributed by atoms with van der Waals surface area (Å²) in [5.74, 6) is -0.178. The minimum absolute atomic E-state index is 0.0347. The summed E-state index contributed by atoms with van der Waals surface area (Å²) in [6.45, 7) is 3.53. The van der Waals surface area contributed by atoms with Crippen LogP contribution in [0.25, 0.3) is 0 Å². The average molecular weight is 528 g/mol. The second-order valence-corrected chi connectivity index (χ2v) is 12.1. The number of piperazine rings is 1. The molecule has 2 aliphatic rings. The highest BCUT2D eigenvalue weighted by Crippen LogP contribution is 2.30. The first kappa shape index (κ1) is 27.1. The topological polar surface area (TPSA) is 96.0 Å². The van der Waals surface area contributed by atoms with Gasteiger partial charge in [0.1, 0.15) is 11.3 Å². The molecule has 1 atom stereocenters. The molecule has 2 fully saturated rings. The highest BCUT2D eigenvalue weighted by molar-refractivity contribution is 7.89. The van der Waals surface area contributed by atoms with E-state index in [1.165, 1.54) is 24.8 Å². The first-order valence-electron chi connectivity index (χ1n) is 13.0. The SMILES string of the molecule is CCc1ccc(CN2C(=O)CN(S(=O)(=O)c3ccc(OC)cc3)C[C@]2(C)C(=O)NC2CCCCC2)cc1. The maximum Gasteiger partial charge on any atom is 0.247 e. The summed E-state index contributed by atoms with van der Waals surface area (Å²) in [4.78, 5) is 28.9. The van der Waals surface area contributed by atoms with E-state index in [2.05, 4.69) is 12.2 Å². The number of hydrogen-bond donors (Lipinski definition) is 1. The van der Waals surface area contributed by atoms with Gasteiger partial charge in [0.05, 0.1) is 18.6 Å². The fraction of sp³-hybridized carbons (Fsp3) is 0.500. The van der Waals surface area contributed by atoms with Gasteiger partial charge < -0.3 is 15.0 Å². The number of nitrogens with one attached hydrogen (secondary N) is 1. The number of hydrogen-bond acceptors (Lipinski definition) is 5. The summed E-state index contributed by atoms with van der Waals surface area (Å²) in [6.07, 6.45) is 5.93. The second-order valence-electron chi connectivity index (χ2n) is 10.2. The molecule has 37 heavy (non-hydrogen) atoms. The van der Waals surface area contributed by atoms with Crippen LogP contribution in [0.2, 0.25) is 0 Å². The predicted molar refractivity (Wildman–Crippen MR) is 142 cm³/mol. The molecule has 0 spiro atoms. The van der Waals surface area contributed by atoms with Crippen molar-refractivity contribution in [1.82, 2.24) is 14.5 Å². The van der Waals surface area contributed by atoms with Crippen LogP contribution in [0.15, 0.2) is 53.4 Å². The molecule has 9 heteroatoms. The maximum atomic E-state index is 13.8. The molecule has 1 saturated heterocycles. The Morgan fingerprint density at radius 3 is 2.24 bits per heavy atom. The second kappa shape index (κ2) is 11.2. The van der Waals surface area contributed by atoms with Crippen LogP contribution in [-0.4, -0.2) is 61.2 Å². The Bertz CT molecular complexity index is 1210. The number of benzene rings is 2. The maximum absolute atomic E-state index is 13.8. The van der Waals surface area contributed by atoms with Crippen molar-refractivity contribution in [3.05, 3.63) is 59.7 Å². The van der Waals surface area contributed by atoms with Gasteiger partial charge in [-0.2, -0.15) is 4.31 Å². The highest BCUT2D eigenvalue weighted by Gasteiger charge is 2.50. The van der Waals surface area contributed by atoms with E-state index in [0.29, 0.717) is 5.75 Å². The number of nitrogens with zero attached hydrogens (tertiary/aromatic N) is 2. The molecule has 2 amide bonds. The van der Waals surface area contributed by atoms with Gasteiger partial charge in [0.15, 0.2) is 0 Å². The number of amides is 2. The third-order valence-corrected chi connectivity index (χ3v) is 9.40. The van der Waals surface area contributed by atoms with Gasteiger partial charge >= 0.3 is 0 Å². The zero-order valence-corrected chi connectivity index (χ0v) is 22.7. The number of carbonyl (C=O) groups is 2. The largest absolute Gasteiger partial charge is 0.497 e. The van der Waals surface area contributed by atoms with Crippen molar-refractivity contribution >= 4 is 21.8 Å². The normalized spacial score (nSPS) is 21.6. The fourth-order valence-electron chi connectivity index (χ4n) is 5.17. The molecule has 0 radical (unpaired) electrons. The van der Waals surface area contributed by atoms with E-state index in [1.807, 2.05) is 24.3 Å². The van der Waals surface area contributed by atoms with Crippen LogP contribution >= 0.6 is 0 Å². The smallest absolute Gasteiger partial charge is 0.247 e. The minimum atomic E-state index is -4.01. The Morgan fingerprint density at radius 2 is 1.65 bits per heavy atom. The van der Waals surface area contributed by atoms with Crippen molar-refractivity contribution in [3.8, 4) is 5.75 Å². The van der Waals surface area contributed by atoms with Crippen molar-refractivity contribution in [2.75, 3.05) is 20.2 Å². The molecular weight excluding hydrogens is 490 g/mol. The molecule has 200 valence electrons. The van der Waals surface area contributed by atoms with Crippen molar-refractivity contribution in [3.63, 3.8) is 0 Å². The van der Waals surface area contributed by atoms with Gasteiger partial charge in [0.25, 0.3) is 0 Å². The molecule has 2 aromatic carbocycles. The summed E-state index contributed by atoms with van der Waals surface area (Å²) in [7, 11) is -2.51. The van der Waals surface area contributed by atoms with Crippen LogP contribution in [0.4, 0.5) is 0 Å². The molecule has 0 bridgehead atoms. The molecule has 1 aliphatic heterocycles.